The molecule has 1 N–H and O–H groups in total. The highest BCUT2D eigenvalue weighted by molar-refractivity contribution is 5.91. The topological polar surface area (TPSA) is 67.5 Å². The molecule has 0 spiro atoms. The molecule has 0 unspecified atom stereocenters. The third-order valence-corrected chi connectivity index (χ3v) is 6.61. The van der Waals surface area contributed by atoms with Gasteiger partial charge in [-0.3, -0.25) is 0 Å². The maximum atomic E-state index is 11.7. The summed E-state index contributed by atoms with van der Waals surface area (Å²) in [4.78, 5) is 22.9. The van der Waals surface area contributed by atoms with Crippen LogP contribution in [0.4, 0.5) is 0 Å². The second-order valence-electron chi connectivity index (χ2n) is 8.20. The van der Waals surface area contributed by atoms with Gasteiger partial charge < -0.3 is 9.52 Å². The van der Waals surface area contributed by atoms with Crippen LogP contribution in [0.1, 0.15) is 54.4 Å². The average Bonchev–Trinajstić information content (AvgIpc) is 2.52. The molecule has 4 fully saturated rings. The van der Waals surface area contributed by atoms with Crippen molar-refractivity contribution in [2.45, 2.75) is 43.9 Å². The summed E-state index contributed by atoms with van der Waals surface area (Å²) in [5.74, 6) is 1.34. The van der Waals surface area contributed by atoms with E-state index in [1.54, 1.807) is 0 Å². The van der Waals surface area contributed by atoms with E-state index in [1.165, 1.54) is 50.2 Å². The zero-order valence-corrected chi connectivity index (χ0v) is 13.5. The van der Waals surface area contributed by atoms with Crippen LogP contribution in [-0.4, -0.2) is 11.1 Å². The summed E-state index contributed by atoms with van der Waals surface area (Å²) in [5, 5.41) is 9.89. The van der Waals surface area contributed by atoms with E-state index in [2.05, 4.69) is 12.1 Å². The summed E-state index contributed by atoms with van der Waals surface area (Å²) in [6, 6.07) is 7.47. The van der Waals surface area contributed by atoms with E-state index in [4.69, 9.17) is 9.52 Å². The Hall–Kier alpha value is -2.10. The molecule has 1 heterocycles. The molecule has 0 saturated heterocycles. The lowest BCUT2D eigenvalue weighted by atomic mass is 9.48. The highest BCUT2D eigenvalue weighted by Crippen LogP contribution is 2.60. The fourth-order valence-electron chi connectivity index (χ4n) is 6.07. The van der Waals surface area contributed by atoms with Crippen LogP contribution in [0, 0.1) is 17.8 Å². The van der Waals surface area contributed by atoms with E-state index in [1.807, 2.05) is 6.07 Å². The first-order chi connectivity index (χ1) is 11.5. The van der Waals surface area contributed by atoms with Crippen LogP contribution >= 0.6 is 0 Å². The molecule has 4 saturated carbocycles. The van der Waals surface area contributed by atoms with Gasteiger partial charge in [-0.25, -0.2) is 9.59 Å². The molecule has 0 atom stereocenters. The number of hydrogen-bond donors (Lipinski definition) is 1. The van der Waals surface area contributed by atoms with E-state index < -0.39 is 11.6 Å². The molecule has 0 amide bonds. The molecule has 24 heavy (non-hydrogen) atoms. The number of carboxylic acids is 1. The number of fused-ring (bicyclic) bond motifs is 1. The normalized spacial score (nSPS) is 33.9. The second-order valence-corrected chi connectivity index (χ2v) is 8.20. The van der Waals surface area contributed by atoms with Crippen LogP contribution in [0.25, 0.3) is 11.0 Å². The first-order valence-electron chi connectivity index (χ1n) is 8.84. The summed E-state index contributed by atoms with van der Waals surface area (Å²) in [5.41, 5.74) is 0.961. The van der Waals surface area contributed by atoms with E-state index >= 15 is 0 Å². The number of benzene rings is 1. The van der Waals surface area contributed by atoms with E-state index in [9.17, 15) is 9.59 Å². The summed E-state index contributed by atoms with van der Waals surface area (Å²) in [6.07, 6.45) is 7.95. The maximum absolute atomic E-state index is 11.7. The predicted octanol–water partition coefficient (Wildman–Crippen LogP) is 3.96. The van der Waals surface area contributed by atoms with Gasteiger partial charge in [-0.05, 0) is 85.5 Å². The van der Waals surface area contributed by atoms with Gasteiger partial charge in [0.25, 0.3) is 0 Å². The van der Waals surface area contributed by atoms with Gasteiger partial charge in [-0.2, -0.15) is 0 Å². The molecule has 4 bridgehead atoms. The predicted molar refractivity (Wildman–Crippen MR) is 89.3 cm³/mol. The molecule has 1 aromatic heterocycles. The van der Waals surface area contributed by atoms with Gasteiger partial charge in [0.15, 0.2) is 0 Å². The fourth-order valence-corrected chi connectivity index (χ4v) is 6.07. The van der Waals surface area contributed by atoms with E-state index in [-0.39, 0.29) is 11.0 Å². The summed E-state index contributed by atoms with van der Waals surface area (Å²) < 4.78 is 5.19. The van der Waals surface area contributed by atoms with E-state index in [0.717, 1.165) is 23.1 Å². The maximum Gasteiger partial charge on any atom is 0.351 e. The lowest BCUT2D eigenvalue weighted by Gasteiger charge is -2.57. The third kappa shape index (κ3) is 1.98. The quantitative estimate of drug-likeness (QED) is 0.849. The Labute approximate surface area is 139 Å². The Balaban J connectivity index is 1.64. The van der Waals surface area contributed by atoms with Gasteiger partial charge in [0.2, 0.25) is 0 Å². The van der Waals surface area contributed by atoms with Gasteiger partial charge >= 0.3 is 11.6 Å². The zero-order valence-electron chi connectivity index (χ0n) is 13.5. The molecule has 6 rings (SSSR count). The second kappa shape index (κ2) is 4.71. The number of rotatable bonds is 2. The number of carboxylic acid groups (broad SMARTS) is 1. The van der Waals surface area contributed by atoms with Crippen molar-refractivity contribution in [3.8, 4) is 0 Å². The number of hydrogen-bond acceptors (Lipinski definition) is 3. The Morgan fingerprint density at radius 3 is 2.25 bits per heavy atom. The average molecular weight is 324 g/mol. The molecule has 4 heteroatoms. The molecule has 1 aromatic carbocycles. The first-order valence-corrected chi connectivity index (χ1v) is 8.84. The van der Waals surface area contributed by atoms with Gasteiger partial charge in [-0.1, -0.05) is 6.07 Å². The Bertz CT molecular complexity index is 872. The molecule has 4 aliphatic carbocycles. The van der Waals surface area contributed by atoms with Crippen LogP contribution in [0.2, 0.25) is 0 Å². The summed E-state index contributed by atoms with van der Waals surface area (Å²) in [7, 11) is 0. The highest BCUT2D eigenvalue weighted by Gasteiger charge is 2.51. The van der Waals surface area contributed by atoms with Crippen molar-refractivity contribution in [2.24, 2.45) is 17.8 Å². The van der Waals surface area contributed by atoms with Gasteiger partial charge in [0.1, 0.15) is 11.1 Å². The molecule has 2 aromatic rings. The molecular formula is C20H20O4. The minimum Gasteiger partial charge on any atom is -0.477 e. The Morgan fingerprint density at radius 2 is 1.67 bits per heavy atom. The van der Waals surface area contributed by atoms with Crippen molar-refractivity contribution in [1.29, 1.82) is 0 Å². The van der Waals surface area contributed by atoms with Crippen LogP contribution in [-0.2, 0) is 5.41 Å². The van der Waals surface area contributed by atoms with Crippen molar-refractivity contribution in [2.75, 3.05) is 0 Å². The molecule has 4 aliphatic rings. The SMILES string of the molecule is O=C(O)c1cc2cc(C34CC5CC(CC(C5)C3)C4)ccc2oc1=O. The Morgan fingerprint density at radius 1 is 1.04 bits per heavy atom. The first kappa shape index (κ1) is 14.3. The number of carbonyl (C=O) groups is 1. The van der Waals surface area contributed by atoms with Crippen molar-refractivity contribution < 1.29 is 14.3 Å². The lowest BCUT2D eigenvalue weighted by Crippen LogP contribution is -2.48. The van der Waals surface area contributed by atoms with Gasteiger partial charge in [0.05, 0.1) is 0 Å². The van der Waals surface area contributed by atoms with Gasteiger partial charge in [-0.15, -0.1) is 0 Å². The van der Waals surface area contributed by atoms with Crippen LogP contribution in [0.5, 0.6) is 0 Å². The van der Waals surface area contributed by atoms with Gasteiger partial charge in [0, 0.05) is 5.39 Å². The Kier molecular flexibility index (Phi) is 2.80. The third-order valence-electron chi connectivity index (χ3n) is 6.61. The molecule has 4 nitrogen and oxygen atoms in total. The van der Waals surface area contributed by atoms with Crippen molar-refractivity contribution >= 4 is 16.9 Å². The molecule has 0 aliphatic heterocycles. The zero-order chi connectivity index (χ0) is 16.5. The monoisotopic (exact) mass is 324 g/mol. The van der Waals surface area contributed by atoms with E-state index in [0.29, 0.717) is 5.58 Å². The number of aromatic carboxylic acids is 1. The lowest BCUT2D eigenvalue weighted by molar-refractivity contribution is -0.00513. The molecule has 124 valence electrons. The van der Waals surface area contributed by atoms with Crippen LogP contribution in [0.15, 0.2) is 33.5 Å². The minimum absolute atomic E-state index is 0.252. The smallest absolute Gasteiger partial charge is 0.351 e. The van der Waals surface area contributed by atoms with Crippen molar-refractivity contribution in [3.05, 3.63) is 45.8 Å². The van der Waals surface area contributed by atoms with Crippen molar-refractivity contribution in [1.82, 2.24) is 0 Å². The fraction of sp³-hybridized carbons (Fsp3) is 0.500. The standard InChI is InChI=1S/C20H20O4/c21-18(22)16-7-14-6-15(1-2-17(14)24-19(16)23)20-8-11-3-12(9-20)5-13(4-11)10-20/h1-2,6-7,11-13H,3-5,8-10H2,(H,21,22). The van der Waals surface area contributed by atoms with Crippen LogP contribution < -0.4 is 5.63 Å². The largest absolute Gasteiger partial charge is 0.477 e. The van der Waals surface area contributed by atoms with Crippen molar-refractivity contribution in [3.63, 3.8) is 0 Å². The minimum atomic E-state index is -1.23. The highest BCUT2D eigenvalue weighted by atomic mass is 16.4. The summed E-state index contributed by atoms with van der Waals surface area (Å²) >= 11 is 0. The summed E-state index contributed by atoms with van der Waals surface area (Å²) in [6.45, 7) is 0. The molecule has 0 radical (unpaired) electrons. The van der Waals surface area contributed by atoms with Crippen LogP contribution in [0.3, 0.4) is 0 Å². The molecular weight excluding hydrogens is 304 g/mol.